The Morgan fingerprint density at radius 2 is 1.90 bits per heavy atom. The van der Waals surface area contributed by atoms with Crippen molar-refractivity contribution in [1.29, 1.82) is 0 Å². The average molecular weight is 443 g/mol. The van der Waals surface area contributed by atoms with Crippen LogP contribution in [0.5, 0.6) is 11.5 Å². The molecule has 0 fully saturated rings. The fraction of sp³-hybridized carbons (Fsp3) is 0.200. The van der Waals surface area contributed by atoms with E-state index in [1.54, 1.807) is 32.4 Å². The fourth-order valence-corrected chi connectivity index (χ4v) is 4.23. The van der Waals surface area contributed by atoms with Crippen LogP contribution in [-0.2, 0) is 4.79 Å². The van der Waals surface area contributed by atoms with Crippen LogP contribution in [0.4, 0.5) is 5.13 Å². The summed E-state index contributed by atoms with van der Waals surface area (Å²) in [6.45, 7) is 2.02. The van der Waals surface area contributed by atoms with Gasteiger partial charge in [0.15, 0.2) is 5.13 Å². The van der Waals surface area contributed by atoms with Crippen molar-refractivity contribution in [1.82, 2.24) is 15.2 Å². The highest BCUT2D eigenvalue weighted by Crippen LogP contribution is 2.31. The number of hydrogen-bond donors (Lipinski definition) is 1. The van der Waals surface area contributed by atoms with Crippen molar-refractivity contribution in [2.45, 2.75) is 12.1 Å². The number of ether oxygens (including phenoxy) is 2. The molecule has 10 heteroatoms. The van der Waals surface area contributed by atoms with Crippen molar-refractivity contribution in [3.8, 4) is 23.0 Å². The molecule has 1 amide bonds. The van der Waals surface area contributed by atoms with Crippen LogP contribution < -0.4 is 14.8 Å². The molecule has 2 aromatic heterocycles. The Balaban J connectivity index is 1.39. The lowest BCUT2D eigenvalue weighted by Crippen LogP contribution is -2.13. The molecule has 0 unspecified atom stereocenters. The van der Waals surface area contributed by atoms with E-state index in [9.17, 15) is 4.79 Å². The standard InChI is InChI=1S/C20H18N4O4S2/c1-11-4-5-15-16(6-11)30-19(21-15)22-17(25)10-29-20-24-23-18(28-20)12-7-13(26-2)9-14(8-12)27-3/h4-9H,10H2,1-3H3,(H,21,22,25). The number of aromatic nitrogens is 3. The molecule has 4 aromatic rings. The number of anilines is 1. The third-order valence-corrected chi connectivity index (χ3v) is 5.87. The summed E-state index contributed by atoms with van der Waals surface area (Å²) in [6, 6.07) is 11.3. The summed E-state index contributed by atoms with van der Waals surface area (Å²) in [7, 11) is 3.14. The van der Waals surface area contributed by atoms with Crippen molar-refractivity contribution < 1.29 is 18.7 Å². The molecule has 0 saturated heterocycles. The Morgan fingerprint density at radius 1 is 1.13 bits per heavy atom. The monoisotopic (exact) mass is 442 g/mol. The van der Waals surface area contributed by atoms with Gasteiger partial charge >= 0.3 is 0 Å². The number of benzene rings is 2. The first kappa shape index (κ1) is 20.2. The van der Waals surface area contributed by atoms with Gasteiger partial charge in [-0.05, 0) is 36.8 Å². The molecular formula is C20H18N4O4S2. The lowest BCUT2D eigenvalue weighted by atomic mass is 10.2. The van der Waals surface area contributed by atoms with Crippen molar-refractivity contribution in [3.05, 3.63) is 42.0 Å². The number of fused-ring (bicyclic) bond motifs is 1. The van der Waals surface area contributed by atoms with E-state index < -0.39 is 0 Å². The van der Waals surface area contributed by atoms with Crippen LogP contribution >= 0.6 is 23.1 Å². The zero-order chi connectivity index (χ0) is 21.1. The Bertz CT molecular complexity index is 1180. The zero-order valence-electron chi connectivity index (χ0n) is 16.5. The van der Waals surface area contributed by atoms with Crippen molar-refractivity contribution >= 4 is 44.4 Å². The number of carbonyl (C=O) groups excluding carboxylic acids is 1. The van der Waals surface area contributed by atoms with E-state index in [1.807, 2.05) is 25.1 Å². The number of thiazole rings is 1. The third kappa shape index (κ3) is 4.55. The van der Waals surface area contributed by atoms with Crippen LogP contribution in [0.15, 0.2) is 46.0 Å². The lowest BCUT2D eigenvalue weighted by molar-refractivity contribution is -0.113. The molecule has 0 aliphatic rings. The number of amides is 1. The molecule has 0 atom stereocenters. The second-order valence-electron chi connectivity index (χ2n) is 6.30. The van der Waals surface area contributed by atoms with Gasteiger partial charge in [0.2, 0.25) is 11.8 Å². The average Bonchev–Trinajstić information content (AvgIpc) is 3.38. The molecular weight excluding hydrogens is 424 g/mol. The predicted octanol–water partition coefficient (Wildman–Crippen LogP) is 4.40. The number of nitrogens with one attached hydrogen (secondary N) is 1. The maximum atomic E-state index is 12.3. The molecule has 0 aliphatic carbocycles. The minimum atomic E-state index is -0.196. The smallest absolute Gasteiger partial charge is 0.277 e. The van der Waals surface area contributed by atoms with E-state index >= 15 is 0 Å². The molecule has 1 N–H and O–H groups in total. The fourth-order valence-electron chi connectivity index (χ4n) is 2.68. The zero-order valence-corrected chi connectivity index (χ0v) is 18.1. The van der Waals surface area contributed by atoms with Crippen LogP contribution in [0.3, 0.4) is 0 Å². The van der Waals surface area contributed by atoms with E-state index in [0.717, 1.165) is 27.5 Å². The highest BCUT2D eigenvalue weighted by Gasteiger charge is 2.14. The molecule has 30 heavy (non-hydrogen) atoms. The number of aryl methyl sites for hydroxylation is 1. The molecule has 4 rings (SSSR count). The molecule has 154 valence electrons. The SMILES string of the molecule is COc1cc(OC)cc(-c2nnc(SCC(=O)Nc3nc4ccc(C)cc4s3)o2)c1. The van der Waals surface area contributed by atoms with Gasteiger partial charge in [0.1, 0.15) is 11.5 Å². The highest BCUT2D eigenvalue weighted by molar-refractivity contribution is 7.99. The van der Waals surface area contributed by atoms with Crippen molar-refractivity contribution in [2.24, 2.45) is 0 Å². The van der Waals surface area contributed by atoms with Crippen molar-refractivity contribution in [2.75, 3.05) is 25.3 Å². The largest absolute Gasteiger partial charge is 0.497 e. The number of hydrogen-bond acceptors (Lipinski definition) is 9. The third-order valence-electron chi connectivity index (χ3n) is 4.12. The van der Waals surface area contributed by atoms with E-state index in [4.69, 9.17) is 13.9 Å². The van der Waals surface area contributed by atoms with Crippen LogP contribution in [0.25, 0.3) is 21.7 Å². The van der Waals surface area contributed by atoms with Gasteiger partial charge in [0, 0.05) is 11.6 Å². The molecule has 0 radical (unpaired) electrons. The van der Waals surface area contributed by atoms with E-state index in [0.29, 0.717) is 33.3 Å². The molecule has 0 spiro atoms. The number of nitrogens with zero attached hydrogens (tertiary/aromatic N) is 3. The summed E-state index contributed by atoms with van der Waals surface area (Å²) in [5.41, 5.74) is 2.68. The second kappa shape index (κ2) is 8.72. The summed E-state index contributed by atoms with van der Waals surface area (Å²) >= 11 is 2.60. The highest BCUT2D eigenvalue weighted by atomic mass is 32.2. The number of carbonyl (C=O) groups is 1. The molecule has 0 saturated carbocycles. The Labute approximate surface area is 180 Å². The second-order valence-corrected chi connectivity index (χ2v) is 8.26. The van der Waals surface area contributed by atoms with Crippen LogP contribution in [0, 0.1) is 6.92 Å². The normalized spacial score (nSPS) is 10.9. The summed E-state index contributed by atoms with van der Waals surface area (Å²) in [5.74, 6) is 1.47. The first-order chi connectivity index (χ1) is 14.5. The van der Waals surface area contributed by atoms with Crippen molar-refractivity contribution in [3.63, 3.8) is 0 Å². The molecule has 0 aliphatic heterocycles. The summed E-state index contributed by atoms with van der Waals surface area (Å²) < 4.78 is 17.2. The quantitative estimate of drug-likeness (QED) is 0.420. The number of methoxy groups -OCH3 is 2. The van der Waals surface area contributed by atoms with Gasteiger partial charge < -0.3 is 19.2 Å². The van der Waals surface area contributed by atoms with Gasteiger partial charge in [0.05, 0.1) is 30.2 Å². The van der Waals surface area contributed by atoms with Gasteiger partial charge in [-0.2, -0.15) is 0 Å². The van der Waals surface area contributed by atoms with Gasteiger partial charge in [-0.1, -0.05) is 29.2 Å². The predicted molar refractivity (Wildman–Crippen MR) is 117 cm³/mol. The van der Waals surface area contributed by atoms with Crippen LogP contribution in [0.1, 0.15) is 5.56 Å². The first-order valence-corrected chi connectivity index (χ1v) is 10.7. The van der Waals surface area contributed by atoms with Gasteiger partial charge in [-0.3, -0.25) is 4.79 Å². The Hall–Kier alpha value is -3.11. The summed E-state index contributed by atoms with van der Waals surface area (Å²) in [5, 5.41) is 11.7. The molecule has 2 aromatic carbocycles. The molecule has 0 bridgehead atoms. The summed E-state index contributed by atoms with van der Waals surface area (Å²) in [4.78, 5) is 16.7. The first-order valence-electron chi connectivity index (χ1n) is 8.91. The maximum Gasteiger partial charge on any atom is 0.277 e. The van der Waals surface area contributed by atoms with E-state index in [-0.39, 0.29) is 11.7 Å². The minimum Gasteiger partial charge on any atom is -0.497 e. The number of thioether (sulfide) groups is 1. The topological polar surface area (TPSA) is 99.4 Å². The van der Waals surface area contributed by atoms with Gasteiger partial charge in [-0.15, -0.1) is 10.2 Å². The van der Waals surface area contributed by atoms with Gasteiger partial charge in [0.25, 0.3) is 5.22 Å². The molecule has 2 heterocycles. The minimum absolute atomic E-state index is 0.123. The van der Waals surface area contributed by atoms with Gasteiger partial charge in [-0.25, -0.2) is 4.98 Å². The Kier molecular flexibility index (Phi) is 5.86. The van der Waals surface area contributed by atoms with Crippen LogP contribution in [-0.4, -0.2) is 41.1 Å². The maximum absolute atomic E-state index is 12.3. The van der Waals surface area contributed by atoms with E-state index in [2.05, 4.69) is 20.5 Å². The van der Waals surface area contributed by atoms with Crippen LogP contribution in [0.2, 0.25) is 0 Å². The molecule has 8 nitrogen and oxygen atoms in total. The van der Waals surface area contributed by atoms with E-state index in [1.165, 1.54) is 11.3 Å². The summed E-state index contributed by atoms with van der Waals surface area (Å²) in [6.07, 6.45) is 0. The lowest BCUT2D eigenvalue weighted by Gasteiger charge is -2.05. The number of rotatable bonds is 7. The Morgan fingerprint density at radius 3 is 2.63 bits per heavy atom.